The molecule has 0 spiro atoms. The maximum Gasteiger partial charge on any atom is 0.109 e. The third-order valence-electron chi connectivity index (χ3n) is 3.56. The molecule has 0 atom stereocenters. The van der Waals surface area contributed by atoms with E-state index in [4.69, 9.17) is 4.98 Å². The molecule has 0 radical (unpaired) electrons. The van der Waals surface area contributed by atoms with Gasteiger partial charge in [0.2, 0.25) is 0 Å². The summed E-state index contributed by atoms with van der Waals surface area (Å²) in [5, 5.41) is 9.21. The molecule has 104 valence electrons. The summed E-state index contributed by atoms with van der Waals surface area (Å²) in [5.41, 5.74) is 2.18. The second kappa shape index (κ2) is 7.29. The highest BCUT2D eigenvalue weighted by Gasteiger charge is 2.09. The first-order chi connectivity index (χ1) is 9.36. The number of benzene rings is 1. The number of hydrogen-bond acceptors (Lipinski definition) is 2. The molecule has 0 amide bonds. The SMILES string of the molecule is CCCCCCCc1nc2ccccc2n1CCO. The lowest BCUT2D eigenvalue weighted by molar-refractivity contribution is 0.276. The minimum Gasteiger partial charge on any atom is -0.395 e. The number of aliphatic hydroxyl groups excluding tert-OH is 1. The van der Waals surface area contributed by atoms with Gasteiger partial charge in [-0.3, -0.25) is 0 Å². The third kappa shape index (κ3) is 3.57. The molecule has 0 aliphatic carbocycles. The lowest BCUT2D eigenvalue weighted by Crippen LogP contribution is -2.07. The van der Waals surface area contributed by atoms with Crippen LogP contribution in [0.1, 0.15) is 44.9 Å². The second-order valence-corrected chi connectivity index (χ2v) is 5.06. The summed E-state index contributed by atoms with van der Waals surface area (Å²) >= 11 is 0. The van der Waals surface area contributed by atoms with Crippen LogP contribution in [0, 0.1) is 0 Å². The highest BCUT2D eigenvalue weighted by molar-refractivity contribution is 5.75. The highest BCUT2D eigenvalue weighted by atomic mass is 16.3. The van der Waals surface area contributed by atoms with Crippen LogP contribution in [0.3, 0.4) is 0 Å². The molecule has 1 aromatic carbocycles. The predicted octanol–water partition coefficient (Wildman–Crippen LogP) is 3.54. The highest BCUT2D eigenvalue weighted by Crippen LogP contribution is 2.17. The fraction of sp³-hybridized carbons (Fsp3) is 0.562. The number of imidazole rings is 1. The van der Waals surface area contributed by atoms with Gasteiger partial charge in [-0.2, -0.15) is 0 Å². The molecule has 0 fully saturated rings. The number of rotatable bonds is 8. The molecule has 3 heteroatoms. The molecular weight excluding hydrogens is 236 g/mol. The molecule has 2 aromatic rings. The van der Waals surface area contributed by atoms with Gasteiger partial charge in [0, 0.05) is 13.0 Å². The molecule has 1 heterocycles. The Balaban J connectivity index is 2.06. The molecule has 0 aliphatic rings. The Labute approximate surface area is 115 Å². The van der Waals surface area contributed by atoms with Crippen molar-refractivity contribution >= 4 is 11.0 Å². The van der Waals surface area contributed by atoms with Crippen molar-refractivity contribution in [1.82, 2.24) is 9.55 Å². The number of hydrogen-bond donors (Lipinski definition) is 1. The van der Waals surface area contributed by atoms with Gasteiger partial charge in [-0.05, 0) is 18.6 Å². The van der Waals surface area contributed by atoms with E-state index in [0.29, 0.717) is 6.54 Å². The fourth-order valence-corrected chi connectivity index (χ4v) is 2.55. The minimum absolute atomic E-state index is 0.170. The zero-order valence-corrected chi connectivity index (χ0v) is 11.8. The van der Waals surface area contributed by atoms with Crippen molar-refractivity contribution in [2.24, 2.45) is 0 Å². The first kappa shape index (κ1) is 14.1. The summed E-state index contributed by atoms with van der Waals surface area (Å²) < 4.78 is 2.16. The zero-order valence-electron chi connectivity index (χ0n) is 11.8. The summed E-state index contributed by atoms with van der Waals surface area (Å²) in [6.45, 7) is 3.05. The maximum absolute atomic E-state index is 9.21. The second-order valence-electron chi connectivity index (χ2n) is 5.06. The number of aliphatic hydroxyl groups is 1. The number of aryl methyl sites for hydroxylation is 1. The van der Waals surface area contributed by atoms with Gasteiger partial charge in [-0.25, -0.2) is 4.98 Å². The van der Waals surface area contributed by atoms with E-state index >= 15 is 0 Å². The van der Waals surface area contributed by atoms with Crippen molar-refractivity contribution in [3.8, 4) is 0 Å². The van der Waals surface area contributed by atoms with Crippen molar-refractivity contribution in [3.05, 3.63) is 30.1 Å². The van der Waals surface area contributed by atoms with E-state index in [2.05, 4.69) is 17.6 Å². The van der Waals surface area contributed by atoms with Crippen LogP contribution >= 0.6 is 0 Å². The molecular formula is C16H24N2O. The van der Waals surface area contributed by atoms with E-state index in [1.807, 2.05) is 18.2 Å². The molecule has 1 aromatic heterocycles. The largest absolute Gasteiger partial charge is 0.395 e. The number of aromatic nitrogens is 2. The Kier molecular flexibility index (Phi) is 5.40. The molecule has 0 unspecified atom stereocenters. The molecule has 0 aliphatic heterocycles. The normalized spacial score (nSPS) is 11.3. The van der Waals surface area contributed by atoms with Crippen molar-refractivity contribution < 1.29 is 5.11 Å². The van der Waals surface area contributed by atoms with Crippen LogP contribution in [-0.2, 0) is 13.0 Å². The van der Waals surface area contributed by atoms with Gasteiger partial charge >= 0.3 is 0 Å². The van der Waals surface area contributed by atoms with Gasteiger partial charge in [-0.15, -0.1) is 0 Å². The third-order valence-corrected chi connectivity index (χ3v) is 3.56. The Morgan fingerprint density at radius 1 is 1.11 bits per heavy atom. The Morgan fingerprint density at radius 3 is 2.68 bits per heavy atom. The van der Waals surface area contributed by atoms with Gasteiger partial charge in [0.15, 0.2) is 0 Å². The van der Waals surface area contributed by atoms with Crippen LogP contribution < -0.4 is 0 Å². The van der Waals surface area contributed by atoms with Crippen molar-refractivity contribution in [3.63, 3.8) is 0 Å². The molecule has 3 nitrogen and oxygen atoms in total. The van der Waals surface area contributed by atoms with Crippen molar-refractivity contribution in [1.29, 1.82) is 0 Å². The Bertz CT molecular complexity index is 504. The van der Waals surface area contributed by atoms with Crippen LogP contribution in [0.4, 0.5) is 0 Å². The van der Waals surface area contributed by atoms with Crippen LogP contribution in [0.25, 0.3) is 11.0 Å². The summed E-state index contributed by atoms with van der Waals surface area (Å²) in [7, 11) is 0. The van der Waals surface area contributed by atoms with E-state index in [1.165, 1.54) is 32.1 Å². The fourth-order valence-electron chi connectivity index (χ4n) is 2.55. The average Bonchev–Trinajstić information content (AvgIpc) is 2.78. The number of fused-ring (bicyclic) bond motifs is 1. The van der Waals surface area contributed by atoms with Crippen LogP contribution in [0.15, 0.2) is 24.3 Å². The minimum atomic E-state index is 0.170. The lowest BCUT2D eigenvalue weighted by atomic mass is 10.1. The van der Waals surface area contributed by atoms with E-state index in [9.17, 15) is 5.11 Å². The van der Waals surface area contributed by atoms with Crippen LogP contribution in [-0.4, -0.2) is 21.3 Å². The van der Waals surface area contributed by atoms with Crippen LogP contribution in [0.2, 0.25) is 0 Å². The lowest BCUT2D eigenvalue weighted by Gasteiger charge is -2.07. The molecule has 0 saturated carbocycles. The maximum atomic E-state index is 9.21. The Hall–Kier alpha value is -1.35. The average molecular weight is 260 g/mol. The van der Waals surface area contributed by atoms with E-state index in [-0.39, 0.29) is 6.61 Å². The first-order valence-corrected chi connectivity index (χ1v) is 7.41. The van der Waals surface area contributed by atoms with Gasteiger partial charge in [-0.1, -0.05) is 44.7 Å². The van der Waals surface area contributed by atoms with E-state index in [0.717, 1.165) is 23.3 Å². The van der Waals surface area contributed by atoms with Gasteiger partial charge in [0.1, 0.15) is 5.82 Å². The first-order valence-electron chi connectivity index (χ1n) is 7.41. The quantitative estimate of drug-likeness (QED) is 0.737. The molecule has 2 rings (SSSR count). The summed E-state index contributed by atoms with van der Waals surface area (Å²) in [6.07, 6.45) is 7.40. The summed E-state index contributed by atoms with van der Waals surface area (Å²) in [6, 6.07) is 8.18. The number of nitrogens with zero attached hydrogens (tertiary/aromatic N) is 2. The Morgan fingerprint density at radius 2 is 1.89 bits per heavy atom. The van der Waals surface area contributed by atoms with Gasteiger partial charge in [0.25, 0.3) is 0 Å². The monoisotopic (exact) mass is 260 g/mol. The summed E-state index contributed by atoms with van der Waals surface area (Å²) in [5.74, 6) is 1.12. The smallest absolute Gasteiger partial charge is 0.109 e. The van der Waals surface area contributed by atoms with Gasteiger partial charge < -0.3 is 9.67 Å². The van der Waals surface area contributed by atoms with Crippen molar-refractivity contribution in [2.75, 3.05) is 6.61 Å². The molecule has 1 N–H and O–H groups in total. The zero-order chi connectivity index (χ0) is 13.5. The van der Waals surface area contributed by atoms with Crippen LogP contribution in [0.5, 0.6) is 0 Å². The van der Waals surface area contributed by atoms with E-state index in [1.54, 1.807) is 0 Å². The number of para-hydroxylation sites is 2. The molecule has 0 bridgehead atoms. The number of unbranched alkanes of at least 4 members (excludes halogenated alkanes) is 4. The standard InChI is InChI=1S/C16H24N2O/c1-2-3-4-5-6-11-16-17-14-9-7-8-10-15(14)18(16)12-13-19/h7-10,19H,2-6,11-13H2,1H3. The molecule has 19 heavy (non-hydrogen) atoms. The topological polar surface area (TPSA) is 38.0 Å². The van der Waals surface area contributed by atoms with Gasteiger partial charge in [0.05, 0.1) is 17.6 Å². The van der Waals surface area contributed by atoms with Crippen molar-refractivity contribution in [2.45, 2.75) is 52.0 Å². The summed E-state index contributed by atoms with van der Waals surface area (Å²) in [4.78, 5) is 4.70. The predicted molar refractivity (Wildman–Crippen MR) is 79.3 cm³/mol. The van der Waals surface area contributed by atoms with E-state index < -0.39 is 0 Å². The molecule has 0 saturated heterocycles.